The second-order valence-corrected chi connectivity index (χ2v) is 5.63. The number of aliphatic hydroxyl groups excluding tert-OH is 3. The van der Waals surface area contributed by atoms with E-state index in [1.54, 1.807) is 0 Å². The van der Waals surface area contributed by atoms with Crippen LogP contribution in [0.5, 0.6) is 0 Å². The lowest BCUT2D eigenvalue weighted by molar-refractivity contribution is 0.122. The summed E-state index contributed by atoms with van der Waals surface area (Å²) in [5.74, 6) is -0.404. The molecular weight excluding hydrogens is 210 g/mol. The van der Waals surface area contributed by atoms with Gasteiger partial charge in [0.05, 0.1) is 36.9 Å². The van der Waals surface area contributed by atoms with E-state index < -0.39 is 28.0 Å². The molecule has 1 heterocycles. The molecule has 1 aliphatic rings. The first-order valence-corrected chi connectivity index (χ1v) is 6.17. The van der Waals surface area contributed by atoms with E-state index in [-0.39, 0.29) is 24.7 Å². The van der Waals surface area contributed by atoms with E-state index in [9.17, 15) is 13.5 Å². The maximum atomic E-state index is 11.1. The summed E-state index contributed by atoms with van der Waals surface area (Å²) in [4.78, 5) is 0. The second-order valence-electron chi connectivity index (χ2n) is 3.48. The molecule has 7 heteroatoms. The van der Waals surface area contributed by atoms with Crippen molar-refractivity contribution >= 4 is 9.84 Å². The fourth-order valence-corrected chi connectivity index (χ4v) is 3.21. The predicted octanol–water partition coefficient (Wildman–Crippen LogP) is -2.91. The van der Waals surface area contributed by atoms with E-state index in [1.807, 2.05) is 0 Å². The maximum Gasteiger partial charge on any atom is 0.154 e. The quantitative estimate of drug-likeness (QED) is 0.408. The summed E-state index contributed by atoms with van der Waals surface area (Å²) in [5, 5.41) is 29.5. The summed E-state index contributed by atoms with van der Waals surface area (Å²) in [6.45, 7) is -0.584. The monoisotopic (exact) mass is 225 g/mol. The summed E-state index contributed by atoms with van der Waals surface area (Å²) < 4.78 is 22.2. The van der Waals surface area contributed by atoms with Gasteiger partial charge in [0.15, 0.2) is 9.84 Å². The summed E-state index contributed by atoms with van der Waals surface area (Å²) in [6, 6.07) is -1.17. The molecule has 4 N–H and O–H groups in total. The third kappa shape index (κ3) is 2.89. The van der Waals surface area contributed by atoms with Crippen LogP contribution in [0.1, 0.15) is 0 Å². The highest BCUT2D eigenvalue weighted by molar-refractivity contribution is 7.91. The van der Waals surface area contributed by atoms with E-state index >= 15 is 0 Å². The maximum absolute atomic E-state index is 11.1. The van der Waals surface area contributed by atoms with Crippen LogP contribution in [0.15, 0.2) is 0 Å². The zero-order valence-electron chi connectivity index (χ0n) is 7.63. The Kier molecular flexibility index (Phi) is 3.85. The van der Waals surface area contributed by atoms with E-state index in [1.165, 1.54) is 0 Å². The first-order valence-electron chi connectivity index (χ1n) is 4.35. The van der Waals surface area contributed by atoms with Crippen molar-refractivity contribution in [3.8, 4) is 0 Å². The highest BCUT2D eigenvalue weighted by Gasteiger charge is 2.37. The standard InChI is InChI=1S/C7H15NO5S/c9-1-5(2-10)8-6-3-14(12,13)4-7(6)11/h5-11H,1-4H2/t6-,7-/m1/s1. The molecule has 2 atom stereocenters. The van der Waals surface area contributed by atoms with Crippen LogP contribution < -0.4 is 5.32 Å². The van der Waals surface area contributed by atoms with Gasteiger partial charge in [0, 0.05) is 6.04 Å². The van der Waals surface area contributed by atoms with E-state index in [2.05, 4.69) is 5.32 Å². The average Bonchev–Trinajstić information content (AvgIpc) is 2.35. The van der Waals surface area contributed by atoms with Crippen molar-refractivity contribution in [2.45, 2.75) is 18.2 Å². The van der Waals surface area contributed by atoms with Crippen LogP contribution in [-0.4, -0.2) is 66.6 Å². The van der Waals surface area contributed by atoms with E-state index in [0.717, 1.165) is 0 Å². The lowest BCUT2D eigenvalue weighted by atomic mass is 10.2. The van der Waals surface area contributed by atoms with Crippen molar-refractivity contribution in [2.24, 2.45) is 0 Å². The Labute approximate surface area is 82.5 Å². The Balaban J connectivity index is 2.54. The average molecular weight is 225 g/mol. The van der Waals surface area contributed by atoms with Gasteiger partial charge in [0.25, 0.3) is 0 Å². The lowest BCUT2D eigenvalue weighted by Gasteiger charge is -2.20. The number of nitrogens with one attached hydrogen (secondary N) is 1. The minimum atomic E-state index is -3.18. The van der Waals surface area contributed by atoms with Crippen molar-refractivity contribution in [3.05, 3.63) is 0 Å². The van der Waals surface area contributed by atoms with Gasteiger partial charge in [0.1, 0.15) is 0 Å². The van der Waals surface area contributed by atoms with Gasteiger partial charge in [-0.3, -0.25) is 0 Å². The molecule has 0 aromatic heterocycles. The smallest absolute Gasteiger partial charge is 0.154 e. The number of aliphatic hydroxyl groups is 3. The van der Waals surface area contributed by atoms with Crippen LogP contribution >= 0.6 is 0 Å². The molecule has 0 aromatic rings. The van der Waals surface area contributed by atoms with Crippen molar-refractivity contribution in [3.63, 3.8) is 0 Å². The highest BCUT2D eigenvalue weighted by atomic mass is 32.2. The normalized spacial score (nSPS) is 31.1. The molecule has 84 valence electrons. The van der Waals surface area contributed by atoms with Gasteiger partial charge in [0.2, 0.25) is 0 Å². The third-order valence-corrected chi connectivity index (χ3v) is 3.93. The molecule has 0 aromatic carbocycles. The molecule has 0 aliphatic carbocycles. The number of sulfone groups is 1. The van der Waals surface area contributed by atoms with Gasteiger partial charge in [-0.25, -0.2) is 8.42 Å². The summed E-state index contributed by atoms with van der Waals surface area (Å²) in [6.07, 6.45) is -0.958. The van der Waals surface area contributed by atoms with Crippen molar-refractivity contribution in [2.75, 3.05) is 24.7 Å². The van der Waals surface area contributed by atoms with Gasteiger partial charge in [-0.1, -0.05) is 0 Å². The van der Waals surface area contributed by atoms with E-state index in [4.69, 9.17) is 10.2 Å². The zero-order chi connectivity index (χ0) is 10.8. The summed E-state index contributed by atoms with van der Waals surface area (Å²) >= 11 is 0. The van der Waals surface area contributed by atoms with Gasteiger partial charge < -0.3 is 20.6 Å². The molecule has 0 saturated carbocycles. The molecular formula is C7H15NO5S. The molecule has 0 spiro atoms. The van der Waals surface area contributed by atoms with Crippen LogP contribution in [0, 0.1) is 0 Å². The Hall–Kier alpha value is -0.210. The largest absolute Gasteiger partial charge is 0.395 e. The van der Waals surface area contributed by atoms with Crippen molar-refractivity contribution in [1.29, 1.82) is 0 Å². The highest BCUT2D eigenvalue weighted by Crippen LogP contribution is 2.12. The molecule has 1 saturated heterocycles. The van der Waals surface area contributed by atoms with Gasteiger partial charge in [-0.15, -0.1) is 0 Å². The van der Waals surface area contributed by atoms with Gasteiger partial charge >= 0.3 is 0 Å². The molecule has 6 nitrogen and oxygen atoms in total. The fourth-order valence-electron chi connectivity index (χ4n) is 1.45. The Morgan fingerprint density at radius 3 is 2.21 bits per heavy atom. The molecule has 1 aliphatic heterocycles. The molecule has 0 unspecified atom stereocenters. The number of rotatable bonds is 4. The Bertz CT molecular complexity index is 274. The first-order chi connectivity index (χ1) is 6.48. The topological polar surface area (TPSA) is 107 Å². The van der Waals surface area contributed by atoms with Crippen LogP contribution in [0.3, 0.4) is 0 Å². The second kappa shape index (κ2) is 4.54. The fraction of sp³-hybridized carbons (Fsp3) is 1.00. The Morgan fingerprint density at radius 1 is 1.29 bits per heavy atom. The minimum absolute atomic E-state index is 0.148. The SMILES string of the molecule is O=S1(=O)C[C@@H](O)[C@H](NC(CO)CO)C1. The van der Waals surface area contributed by atoms with Crippen molar-refractivity contribution in [1.82, 2.24) is 5.32 Å². The van der Waals surface area contributed by atoms with E-state index in [0.29, 0.717) is 0 Å². The Morgan fingerprint density at radius 2 is 1.86 bits per heavy atom. The zero-order valence-corrected chi connectivity index (χ0v) is 8.44. The first kappa shape index (κ1) is 11.9. The molecule has 14 heavy (non-hydrogen) atoms. The van der Waals surface area contributed by atoms with Crippen LogP contribution in [0.25, 0.3) is 0 Å². The van der Waals surface area contributed by atoms with Crippen LogP contribution in [0.4, 0.5) is 0 Å². The summed E-state index contributed by atoms with van der Waals surface area (Å²) in [7, 11) is -3.18. The molecule has 0 radical (unpaired) electrons. The number of hydrogen-bond donors (Lipinski definition) is 4. The predicted molar refractivity (Wildman–Crippen MR) is 49.5 cm³/mol. The molecule has 1 fully saturated rings. The van der Waals surface area contributed by atoms with Gasteiger partial charge in [-0.05, 0) is 0 Å². The van der Waals surface area contributed by atoms with Crippen molar-refractivity contribution < 1.29 is 23.7 Å². The third-order valence-electron chi connectivity index (χ3n) is 2.21. The number of hydrogen-bond acceptors (Lipinski definition) is 6. The summed E-state index contributed by atoms with van der Waals surface area (Å²) in [5.41, 5.74) is 0. The van der Waals surface area contributed by atoms with Gasteiger partial charge in [-0.2, -0.15) is 0 Å². The molecule has 1 rings (SSSR count). The molecule has 0 amide bonds. The minimum Gasteiger partial charge on any atom is -0.395 e. The van der Waals surface area contributed by atoms with Crippen LogP contribution in [0.2, 0.25) is 0 Å². The lowest BCUT2D eigenvalue weighted by Crippen LogP contribution is -2.48. The van der Waals surface area contributed by atoms with Crippen LogP contribution in [-0.2, 0) is 9.84 Å². The molecule has 0 bridgehead atoms.